The molecule has 0 saturated carbocycles. The van der Waals surface area contributed by atoms with E-state index in [4.69, 9.17) is 4.74 Å². The number of amides is 1. The van der Waals surface area contributed by atoms with Gasteiger partial charge in [-0.25, -0.2) is 4.79 Å². The van der Waals surface area contributed by atoms with E-state index in [-0.39, 0.29) is 6.54 Å². The van der Waals surface area contributed by atoms with Crippen molar-refractivity contribution >= 4 is 12.1 Å². The summed E-state index contributed by atoms with van der Waals surface area (Å²) in [5, 5.41) is 9.50. The summed E-state index contributed by atoms with van der Waals surface area (Å²) in [6.07, 6.45) is 2.40. The first-order chi connectivity index (χ1) is 9.06. The number of carboxylic acids is 1. The van der Waals surface area contributed by atoms with Crippen LogP contribution in [0, 0.1) is 5.41 Å². The zero-order chi connectivity index (χ0) is 15.6. The van der Waals surface area contributed by atoms with Gasteiger partial charge in [-0.05, 0) is 47.5 Å². The van der Waals surface area contributed by atoms with Gasteiger partial charge in [0, 0.05) is 13.1 Å². The topological polar surface area (TPSA) is 66.8 Å². The van der Waals surface area contributed by atoms with Crippen molar-refractivity contribution in [2.75, 3.05) is 13.1 Å². The van der Waals surface area contributed by atoms with Crippen LogP contribution in [-0.2, 0) is 9.53 Å². The maximum Gasteiger partial charge on any atom is 0.410 e. The SMILES string of the molecule is CC(C)=CCC1(C(=O)O)CCN(C(=O)OC(C)(C)C)C1. The van der Waals surface area contributed by atoms with Gasteiger partial charge in [0.15, 0.2) is 0 Å². The summed E-state index contributed by atoms with van der Waals surface area (Å²) in [6.45, 7) is 9.92. The quantitative estimate of drug-likeness (QED) is 0.808. The van der Waals surface area contributed by atoms with E-state index in [1.165, 1.54) is 4.90 Å². The Bertz CT molecular complexity index is 418. The van der Waals surface area contributed by atoms with Gasteiger partial charge in [0.1, 0.15) is 5.60 Å². The molecule has 1 unspecified atom stereocenters. The Kier molecular flexibility index (Phi) is 4.84. The molecule has 1 aliphatic rings. The largest absolute Gasteiger partial charge is 0.481 e. The Hall–Kier alpha value is -1.52. The molecule has 1 heterocycles. The molecule has 1 atom stereocenters. The van der Waals surface area contributed by atoms with Crippen LogP contribution in [-0.4, -0.2) is 40.8 Å². The van der Waals surface area contributed by atoms with Crippen LogP contribution in [0.3, 0.4) is 0 Å². The maximum atomic E-state index is 12.0. The van der Waals surface area contributed by atoms with Crippen molar-refractivity contribution in [2.24, 2.45) is 5.41 Å². The standard InChI is InChI=1S/C15H25NO4/c1-11(2)6-7-15(12(17)18)8-9-16(10-15)13(19)20-14(3,4)5/h6H,7-10H2,1-5H3,(H,17,18). The molecule has 0 radical (unpaired) electrons. The lowest BCUT2D eigenvalue weighted by Crippen LogP contribution is -2.39. The fraction of sp³-hybridized carbons (Fsp3) is 0.733. The molecule has 1 saturated heterocycles. The minimum atomic E-state index is -0.881. The molecule has 0 aromatic heterocycles. The number of carbonyl (C=O) groups is 2. The van der Waals surface area contributed by atoms with Crippen molar-refractivity contribution in [3.05, 3.63) is 11.6 Å². The predicted molar refractivity (Wildman–Crippen MR) is 76.5 cm³/mol. The smallest absolute Gasteiger partial charge is 0.410 e. The van der Waals surface area contributed by atoms with Crippen molar-refractivity contribution in [1.29, 1.82) is 0 Å². The summed E-state index contributed by atoms with van der Waals surface area (Å²) < 4.78 is 5.30. The molecule has 1 fully saturated rings. The van der Waals surface area contributed by atoms with Gasteiger partial charge in [-0.15, -0.1) is 0 Å². The van der Waals surface area contributed by atoms with E-state index in [2.05, 4.69) is 0 Å². The zero-order valence-corrected chi connectivity index (χ0v) is 13.0. The highest BCUT2D eigenvalue weighted by atomic mass is 16.6. The molecule has 0 aromatic rings. The van der Waals surface area contributed by atoms with Crippen LogP contribution in [0.4, 0.5) is 4.79 Å². The third kappa shape index (κ3) is 4.25. The van der Waals surface area contributed by atoms with Crippen molar-refractivity contribution in [1.82, 2.24) is 4.90 Å². The molecule has 0 aliphatic carbocycles. The molecule has 1 N–H and O–H groups in total. The van der Waals surface area contributed by atoms with E-state index >= 15 is 0 Å². The van der Waals surface area contributed by atoms with Gasteiger partial charge in [-0.3, -0.25) is 4.79 Å². The highest BCUT2D eigenvalue weighted by Crippen LogP contribution is 2.36. The van der Waals surface area contributed by atoms with Crippen LogP contribution < -0.4 is 0 Å². The van der Waals surface area contributed by atoms with E-state index in [9.17, 15) is 14.7 Å². The second kappa shape index (κ2) is 5.85. The van der Waals surface area contributed by atoms with Crippen LogP contribution in [0.5, 0.6) is 0 Å². The Morgan fingerprint density at radius 2 is 1.95 bits per heavy atom. The normalized spacial score (nSPS) is 22.6. The maximum absolute atomic E-state index is 12.0. The summed E-state index contributed by atoms with van der Waals surface area (Å²) >= 11 is 0. The second-order valence-corrected chi connectivity index (χ2v) is 6.72. The van der Waals surface area contributed by atoms with Gasteiger partial charge in [0.25, 0.3) is 0 Å². The third-order valence-corrected chi connectivity index (χ3v) is 3.36. The summed E-state index contributed by atoms with van der Waals surface area (Å²) in [6, 6.07) is 0. The van der Waals surface area contributed by atoms with Crippen molar-refractivity contribution in [3.8, 4) is 0 Å². The number of nitrogens with zero attached hydrogens (tertiary/aromatic N) is 1. The van der Waals surface area contributed by atoms with Gasteiger partial charge >= 0.3 is 12.1 Å². The van der Waals surface area contributed by atoms with Crippen LogP contribution in [0.15, 0.2) is 11.6 Å². The number of likely N-dealkylation sites (tertiary alicyclic amines) is 1. The third-order valence-electron chi connectivity index (χ3n) is 3.36. The van der Waals surface area contributed by atoms with Gasteiger partial charge in [0.05, 0.1) is 5.41 Å². The zero-order valence-electron chi connectivity index (χ0n) is 13.0. The van der Waals surface area contributed by atoms with Crippen molar-refractivity contribution in [3.63, 3.8) is 0 Å². The molecular weight excluding hydrogens is 258 g/mol. The monoisotopic (exact) mass is 283 g/mol. The van der Waals surface area contributed by atoms with Gasteiger partial charge in [0.2, 0.25) is 0 Å². The van der Waals surface area contributed by atoms with E-state index in [0.717, 1.165) is 5.57 Å². The summed E-state index contributed by atoms with van der Waals surface area (Å²) in [5.41, 5.74) is -0.360. The summed E-state index contributed by atoms with van der Waals surface area (Å²) in [7, 11) is 0. The molecule has 114 valence electrons. The van der Waals surface area contributed by atoms with Crippen molar-refractivity contribution < 1.29 is 19.4 Å². The number of allylic oxidation sites excluding steroid dienone is 2. The number of carbonyl (C=O) groups excluding carboxylic acids is 1. The van der Waals surface area contributed by atoms with E-state index in [0.29, 0.717) is 19.4 Å². The summed E-state index contributed by atoms with van der Waals surface area (Å²) in [4.78, 5) is 25.1. The number of hydrogen-bond donors (Lipinski definition) is 1. The van der Waals surface area contributed by atoms with Gasteiger partial charge < -0.3 is 14.7 Å². The molecule has 5 nitrogen and oxygen atoms in total. The lowest BCUT2D eigenvalue weighted by Gasteiger charge is -2.26. The Balaban J connectivity index is 2.78. The van der Waals surface area contributed by atoms with Crippen LogP contribution in [0.25, 0.3) is 0 Å². The van der Waals surface area contributed by atoms with E-state index < -0.39 is 23.1 Å². The highest BCUT2D eigenvalue weighted by molar-refractivity contribution is 5.78. The number of ether oxygens (including phenoxy) is 1. The fourth-order valence-corrected chi connectivity index (χ4v) is 2.18. The first kappa shape index (κ1) is 16.5. The molecule has 0 bridgehead atoms. The van der Waals surface area contributed by atoms with Crippen LogP contribution in [0.1, 0.15) is 47.5 Å². The molecule has 20 heavy (non-hydrogen) atoms. The van der Waals surface area contributed by atoms with E-state index in [1.54, 1.807) is 20.8 Å². The number of carboxylic acid groups (broad SMARTS) is 1. The average Bonchev–Trinajstić information content (AvgIpc) is 2.69. The highest BCUT2D eigenvalue weighted by Gasteiger charge is 2.46. The molecule has 1 rings (SSSR count). The molecule has 1 aliphatic heterocycles. The molecule has 1 amide bonds. The van der Waals surface area contributed by atoms with E-state index in [1.807, 2.05) is 19.9 Å². The molecule has 5 heteroatoms. The second-order valence-electron chi connectivity index (χ2n) is 6.72. The Labute approximate surface area is 120 Å². The van der Waals surface area contributed by atoms with Crippen LogP contribution >= 0.6 is 0 Å². The fourth-order valence-electron chi connectivity index (χ4n) is 2.18. The molecular formula is C15H25NO4. The first-order valence-corrected chi connectivity index (χ1v) is 6.90. The minimum Gasteiger partial charge on any atom is -0.481 e. The Morgan fingerprint density at radius 3 is 2.40 bits per heavy atom. The molecule has 0 spiro atoms. The first-order valence-electron chi connectivity index (χ1n) is 6.90. The van der Waals surface area contributed by atoms with Gasteiger partial charge in [-0.2, -0.15) is 0 Å². The lowest BCUT2D eigenvalue weighted by atomic mass is 9.83. The predicted octanol–water partition coefficient (Wildman–Crippen LogP) is 3.05. The Morgan fingerprint density at radius 1 is 1.35 bits per heavy atom. The number of aliphatic carboxylic acids is 1. The number of rotatable bonds is 3. The van der Waals surface area contributed by atoms with Crippen LogP contribution in [0.2, 0.25) is 0 Å². The summed E-state index contributed by atoms with van der Waals surface area (Å²) in [5.74, 6) is -0.846. The number of hydrogen-bond acceptors (Lipinski definition) is 3. The van der Waals surface area contributed by atoms with Gasteiger partial charge in [-0.1, -0.05) is 11.6 Å². The average molecular weight is 283 g/mol. The lowest BCUT2D eigenvalue weighted by molar-refractivity contribution is -0.147. The molecule has 0 aromatic carbocycles. The minimum absolute atomic E-state index is 0.209. The van der Waals surface area contributed by atoms with Crippen molar-refractivity contribution in [2.45, 2.75) is 53.1 Å².